The molecule has 2 atom stereocenters. The van der Waals surface area contributed by atoms with Gasteiger partial charge in [-0.2, -0.15) is 0 Å². The highest BCUT2D eigenvalue weighted by Gasteiger charge is 2.36. The molecule has 4 heteroatoms. The van der Waals surface area contributed by atoms with Crippen LogP contribution in [-0.2, 0) is 6.54 Å². The molecule has 1 N–H and O–H groups in total. The quantitative estimate of drug-likeness (QED) is 0.897. The molecular formula is C15H23BrN2O. The van der Waals surface area contributed by atoms with Crippen molar-refractivity contribution in [2.75, 3.05) is 6.54 Å². The molecule has 0 aliphatic carbocycles. The molecule has 0 spiro atoms. The molecule has 0 amide bonds. The first-order valence-electron chi connectivity index (χ1n) is 7.48. The first-order valence-corrected chi connectivity index (χ1v) is 8.27. The van der Waals surface area contributed by atoms with Crippen molar-refractivity contribution in [3.05, 3.63) is 22.6 Å². The van der Waals surface area contributed by atoms with Crippen LogP contribution >= 0.6 is 15.9 Å². The zero-order chi connectivity index (χ0) is 13.2. The Morgan fingerprint density at radius 1 is 1.37 bits per heavy atom. The van der Waals surface area contributed by atoms with E-state index < -0.39 is 0 Å². The van der Waals surface area contributed by atoms with Crippen LogP contribution in [0.15, 0.2) is 21.2 Å². The number of hydrogen-bond acceptors (Lipinski definition) is 3. The van der Waals surface area contributed by atoms with Crippen molar-refractivity contribution < 1.29 is 4.42 Å². The Balaban J connectivity index is 1.68. The molecule has 19 heavy (non-hydrogen) atoms. The summed E-state index contributed by atoms with van der Waals surface area (Å²) in [5.41, 5.74) is 0. The van der Waals surface area contributed by atoms with Crippen molar-refractivity contribution >= 4 is 15.9 Å². The highest BCUT2D eigenvalue weighted by Crippen LogP contribution is 2.31. The van der Waals surface area contributed by atoms with Crippen molar-refractivity contribution in [3.63, 3.8) is 0 Å². The Hall–Kier alpha value is -0.320. The van der Waals surface area contributed by atoms with E-state index in [-0.39, 0.29) is 0 Å². The number of piperidine rings is 1. The number of hydrogen-bond donors (Lipinski definition) is 1. The van der Waals surface area contributed by atoms with E-state index >= 15 is 0 Å². The first-order chi connectivity index (χ1) is 9.26. The monoisotopic (exact) mass is 326 g/mol. The van der Waals surface area contributed by atoms with Gasteiger partial charge in [-0.1, -0.05) is 6.92 Å². The molecule has 1 aromatic rings. The highest BCUT2D eigenvalue weighted by molar-refractivity contribution is 9.10. The van der Waals surface area contributed by atoms with Crippen molar-refractivity contribution in [2.24, 2.45) is 0 Å². The fourth-order valence-electron chi connectivity index (χ4n) is 3.63. The predicted molar refractivity (Wildman–Crippen MR) is 80.1 cm³/mol. The van der Waals surface area contributed by atoms with Crippen LogP contribution in [0, 0.1) is 0 Å². The normalized spacial score (nSPS) is 30.2. The van der Waals surface area contributed by atoms with Gasteiger partial charge in [0.2, 0.25) is 0 Å². The van der Waals surface area contributed by atoms with E-state index in [1.807, 2.05) is 6.07 Å². The number of rotatable bonds is 5. The minimum absolute atomic E-state index is 0.718. The maximum absolute atomic E-state index is 5.60. The topological polar surface area (TPSA) is 28.4 Å². The average molecular weight is 327 g/mol. The summed E-state index contributed by atoms with van der Waals surface area (Å²) in [4.78, 5) is 2.62. The third kappa shape index (κ3) is 3.06. The Morgan fingerprint density at radius 2 is 2.11 bits per heavy atom. The van der Waals surface area contributed by atoms with Gasteiger partial charge in [0.25, 0.3) is 0 Å². The molecule has 2 fully saturated rings. The summed E-state index contributed by atoms with van der Waals surface area (Å²) in [7, 11) is 0. The molecule has 2 aliphatic rings. The summed E-state index contributed by atoms with van der Waals surface area (Å²) in [6.07, 6.45) is 8.31. The fraction of sp³-hybridized carbons (Fsp3) is 0.733. The van der Waals surface area contributed by atoms with Crippen LogP contribution in [0.3, 0.4) is 0 Å². The number of nitrogens with zero attached hydrogens (tertiary/aromatic N) is 1. The van der Waals surface area contributed by atoms with Crippen LogP contribution in [0.1, 0.15) is 44.8 Å². The van der Waals surface area contributed by atoms with E-state index in [0.29, 0.717) is 0 Å². The molecule has 2 saturated heterocycles. The van der Waals surface area contributed by atoms with E-state index in [4.69, 9.17) is 4.42 Å². The standard InChI is InChI=1S/C15H23BrN2O/c1-2-6-18(10-15-14(16)5-7-19-15)13-8-11-3-4-12(9-13)17-11/h5,7,11-13,17H,2-4,6,8-10H2,1H3. The van der Waals surface area contributed by atoms with Gasteiger partial charge >= 0.3 is 0 Å². The third-order valence-corrected chi connectivity index (χ3v) is 5.22. The molecule has 3 heterocycles. The number of fused-ring (bicyclic) bond motifs is 2. The lowest BCUT2D eigenvalue weighted by molar-refractivity contribution is 0.125. The second-order valence-corrected chi connectivity index (χ2v) is 6.78. The second kappa shape index (κ2) is 5.98. The predicted octanol–water partition coefficient (Wildman–Crippen LogP) is 3.54. The van der Waals surface area contributed by atoms with Crippen molar-refractivity contribution in [3.8, 4) is 0 Å². The highest BCUT2D eigenvalue weighted by atomic mass is 79.9. The summed E-state index contributed by atoms with van der Waals surface area (Å²) in [5, 5.41) is 3.73. The lowest BCUT2D eigenvalue weighted by Gasteiger charge is -2.37. The van der Waals surface area contributed by atoms with Crippen LogP contribution in [0.4, 0.5) is 0 Å². The van der Waals surface area contributed by atoms with Crippen molar-refractivity contribution in [1.82, 2.24) is 10.2 Å². The van der Waals surface area contributed by atoms with Crippen molar-refractivity contribution in [2.45, 2.75) is 63.7 Å². The molecule has 2 bridgehead atoms. The Bertz CT molecular complexity index is 408. The fourth-order valence-corrected chi connectivity index (χ4v) is 3.95. The van der Waals surface area contributed by atoms with Gasteiger partial charge in [0.1, 0.15) is 5.76 Å². The maximum atomic E-state index is 5.60. The SMILES string of the molecule is CCCN(Cc1occc1Br)C1CC2CCC(C1)N2. The van der Waals surface area contributed by atoms with Crippen LogP contribution in [0.5, 0.6) is 0 Å². The van der Waals surface area contributed by atoms with Crippen LogP contribution < -0.4 is 5.32 Å². The first kappa shape index (κ1) is 13.7. The minimum Gasteiger partial charge on any atom is -0.467 e. The molecule has 1 aromatic heterocycles. The summed E-state index contributed by atoms with van der Waals surface area (Å²) >= 11 is 3.57. The Labute approximate surface area is 123 Å². The van der Waals surface area contributed by atoms with E-state index in [1.165, 1.54) is 32.1 Å². The van der Waals surface area contributed by atoms with Crippen LogP contribution in [0.25, 0.3) is 0 Å². The minimum atomic E-state index is 0.718. The number of nitrogens with one attached hydrogen (secondary N) is 1. The number of furan rings is 1. The van der Waals surface area contributed by atoms with Gasteiger partial charge in [-0.25, -0.2) is 0 Å². The van der Waals surface area contributed by atoms with Gasteiger partial charge in [-0.3, -0.25) is 4.90 Å². The van der Waals surface area contributed by atoms with Crippen LogP contribution in [-0.4, -0.2) is 29.6 Å². The largest absolute Gasteiger partial charge is 0.467 e. The Morgan fingerprint density at radius 3 is 2.68 bits per heavy atom. The summed E-state index contributed by atoms with van der Waals surface area (Å²) < 4.78 is 6.70. The van der Waals surface area contributed by atoms with Crippen LogP contribution in [0.2, 0.25) is 0 Å². The average Bonchev–Trinajstić information content (AvgIpc) is 2.95. The van der Waals surface area contributed by atoms with Gasteiger partial charge < -0.3 is 9.73 Å². The lowest BCUT2D eigenvalue weighted by Crippen LogP contribution is -2.48. The molecule has 3 rings (SSSR count). The molecule has 0 aromatic carbocycles. The van der Waals surface area contributed by atoms with Crippen molar-refractivity contribution in [1.29, 1.82) is 0 Å². The molecule has 0 saturated carbocycles. The van der Waals surface area contributed by atoms with E-state index in [0.717, 1.165) is 41.4 Å². The van der Waals surface area contributed by atoms with Gasteiger partial charge in [0.05, 0.1) is 17.3 Å². The Kier molecular flexibility index (Phi) is 4.30. The molecule has 106 valence electrons. The van der Waals surface area contributed by atoms with Gasteiger partial charge in [-0.05, 0) is 60.6 Å². The summed E-state index contributed by atoms with van der Waals surface area (Å²) in [5.74, 6) is 1.07. The van der Waals surface area contributed by atoms with Gasteiger partial charge in [-0.15, -0.1) is 0 Å². The summed E-state index contributed by atoms with van der Waals surface area (Å²) in [6, 6.07) is 4.22. The van der Waals surface area contributed by atoms with E-state index in [9.17, 15) is 0 Å². The smallest absolute Gasteiger partial charge is 0.131 e. The number of halogens is 1. The molecule has 0 radical (unpaired) electrons. The lowest BCUT2D eigenvalue weighted by atomic mass is 9.98. The van der Waals surface area contributed by atoms with E-state index in [2.05, 4.69) is 33.1 Å². The summed E-state index contributed by atoms with van der Waals surface area (Å²) in [6.45, 7) is 4.36. The molecular weight excluding hydrogens is 304 g/mol. The maximum Gasteiger partial charge on any atom is 0.131 e. The second-order valence-electron chi connectivity index (χ2n) is 5.93. The molecule has 2 aliphatic heterocycles. The zero-order valence-electron chi connectivity index (χ0n) is 11.6. The molecule has 3 nitrogen and oxygen atoms in total. The van der Waals surface area contributed by atoms with Gasteiger partial charge in [0.15, 0.2) is 0 Å². The third-order valence-electron chi connectivity index (χ3n) is 4.51. The van der Waals surface area contributed by atoms with Gasteiger partial charge in [0, 0.05) is 18.1 Å². The zero-order valence-corrected chi connectivity index (χ0v) is 13.2. The van der Waals surface area contributed by atoms with E-state index in [1.54, 1.807) is 6.26 Å². The molecule has 2 unspecified atom stereocenters.